The Hall–Kier alpha value is -4.45. The van der Waals surface area contributed by atoms with Crippen molar-refractivity contribution in [2.24, 2.45) is 0 Å². The van der Waals surface area contributed by atoms with Crippen molar-refractivity contribution in [3.63, 3.8) is 0 Å². The summed E-state index contributed by atoms with van der Waals surface area (Å²) in [6, 6.07) is 0. The fourth-order valence-corrected chi connectivity index (χ4v) is 6.99. The van der Waals surface area contributed by atoms with Crippen LogP contribution < -0.4 is 0 Å². The molecule has 0 N–H and O–H groups in total. The van der Waals surface area contributed by atoms with Gasteiger partial charge in [-0.05, 0) is 103 Å². The van der Waals surface area contributed by atoms with Gasteiger partial charge in [0.25, 0.3) is 0 Å². The maximum absolute atomic E-state index is 12.8. The molecule has 0 saturated carbocycles. The summed E-state index contributed by atoms with van der Waals surface area (Å²) >= 11 is 0. The predicted octanol–water partition coefficient (Wildman–Crippen LogP) is 18.3. The zero-order valence-corrected chi connectivity index (χ0v) is 43.6. The van der Waals surface area contributed by atoms with Crippen LogP contribution in [0, 0.1) is 0 Å². The number of rotatable bonds is 47. The van der Waals surface area contributed by atoms with Gasteiger partial charge in [0.05, 0.1) is 0 Å². The van der Waals surface area contributed by atoms with Gasteiger partial charge in [-0.15, -0.1) is 0 Å². The molecule has 0 aromatic heterocycles. The highest BCUT2D eigenvalue weighted by molar-refractivity contribution is 5.71. The Kier molecular flexibility index (Phi) is 51.5. The molecule has 0 fully saturated rings. The number of allylic oxidation sites excluding steroid dienone is 22. The number of hydrogen-bond acceptors (Lipinski definition) is 6. The van der Waals surface area contributed by atoms with Crippen molar-refractivity contribution in [2.45, 2.75) is 226 Å². The van der Waals surface area contributed by atoms with Gasteiger partial charge < -0.3 is 14.2 Å². The second-order valence-electron chi connectivity index (χ2n) is 17.5. The number of esters is 3. The summed E-state index contributed by atoms with van der Waals surface area (Å²) in [5.74, 6) is -0.998. The number of ether oxygens (including phenoxy) is 3. The van der Waals surface area contributed by atoms with E-state index in [2.05, 4.69) is 93.7 Å². The van der Waals surface area contributed by atoms with Gasteiger partial charge >= 0.3 is 17.9 Å². The topological polar surface area (TPSA) is 78.9 Å². The van der Waals surface area contributed by atoms with Crippen LogP contribution in [0.4, 0.5) is 0 Å². The van der Waals surface area contributed by atoms with Crippen LogP contribution in [0.25, 0.3) is 0 Å². The standard InChI is InChI=1S/C62H98O6/c1-4-7-10-13-16-19-22-25-28-31-34-37-40-43-46-49-52-55-61(64)67-58-59(57-66-60(63)54-51-48-45-42-39-36-33-30-27-24-21-18-15-12-9-6-3)68-62(65)56-53-50-47-44-41-38-35-32-29-26-23-20-17-14-11-8-5-2/h7,9-10,12-13,16,18-19,21-22,25-31,34,36-37,39-40,59H,4-6,8,11,14-15,17,20,23-24,32-33,35,38,41-58H2,1-3H3/b10-7-,12-9-,16-13-,21-18-,22-19-,28-25-,29-26-,30-27-,34-31+,39-36-,40-37-. The molecule has 0 rings (SSSR count). The first-order valence-electron chi connectivity index (χ1n) is 27.3. The van der Waals surface area contributed by atoms with Crippen LogP contribution in [-0.2, 0) is 28.6 Å². The van der Waals surface area contributed by atoms with Crippen LogP contribution in [0.5, 0.6) is 0 Å². The minimum atomic E-state index is -0.817. The molecular formula is C62H98O6. The van der Waals surface area contributed by atoms with Gasteiger partial charge in [0.2, 0.25) is 0 Å². The normalized spacial score (nSPS) is 13.2. The van der Waals surface area contributed by atoms with Gasteiger partial charge in [-0.3, -0.25) is 14.4 Å². The highest BCUT2D eigenvalue weighted by atomic mass is 16.6. The molecule has 6 nitrogen and oxygen atoms in total. The third-order valence-corrected chi connectivity index (χ3v) is 11.0. The highest BCUT2D eigenvalue weighted by Crippen LogP contribution is 2.13. The summed E-state index contributed by atoms with van der Waals surface area (Å²) in [7, 11) is 0. The first-order valence-corrected chi connectivity index (χ1v) is 27.3. The molecule has 0 amide bonds. The van der Waals surface area contributed by atoms with Crippen LogP contribution >= 0.6 is 0 Å². The monoisotopic (exact) mass is 939 g/mol. The maximum Gasteiger partial charge on any atom is 0.306 e. The molecule has 0 aliphatic heterocycles. The fraction of sp³-hybridized carbons (Fsp3) is 0.597. The molecule has 1 atom stereocenters. The number of carbonyl (C=O) groups is 3. The summed E-state index contributed by atoms with van der Waals surface area (Å²) < 4.78 is 16.8. The van der Waals surface area contributed by atoms with Crippen molar-refractivity contribution < 1.29 is 28.6 Å². The summed E-state index contributed by atoms with van der Waals surface area (Å²) in [5.41, 5.74) is 0. The van der Waals surface area contributed by atoms with Gasteiger partial charge in [-0.1, -0.05) is 231 Å². The lowest BCUT2D eigenvalue weighted by molar-refractivity contribution is -0.167. The summed E-state index contributed by atoms with van der Waals surface area (Å²) in [6.45, 7) is 6.29. The molecule has 0 aliphatic rings. The Morgan fingerprint density at radius 3 is 1.10 bits per heavy atom. The van der Waals surface area contributed by atoms with Gasteiger partial charge in [-0.2, -0.15) is 0 Å². The van der Waals surface area contributed by atoms with Gasteiger partial charge in [0, 0.05) is 19.3 Å². The third kappa shape index (κ3) is 52.5. The Balaban J connectivity index is 4.56. The predicted molar refractivity (Wildman–Crippen MR) is 292 cm³/mol. The number of unbranched alkanes of at least 4 members (excludes halogenated alkanes) is 19. The third-order valence-electron chi connectivity index (χ3n) is 11.0. The molecule has 68 heavy (non-hydrogen) atoms. The van der Waals surface area contributed by atoms with E-state index in [0.29, 0.717) is 19.3 Å². The molecule has 0 radical (unpaired) electrons. The van der Waals surface area contributed by atoms with Gasteiger partial charge in [0.1, 0.15) is 13.2 Å². The second-order valence-corrected chi connectivity index (χ2v) is 17.5. The highest BCUT2D eigenvalue weighted by Gasteiger charge is 2.19. The summed E-state index contributed by atoms with van der Waals surface area (Å²) in [5, 5.41) is 0. The van der Waals surface area contributed by atoms with E-state index in [-0.39, 0.29) is 31.1 Å². The van der Waals surface area contributed by atoms with E-state index in [1.807, 2.05) is 60.8 Å². The Morgan fingerprint density at radius 2 is 0.647 bits per heavy atom. The van der Waals surface area contributed by atoms with E-state index in [4.69, 9.17) is 14.2 Å². The van der Waals surface area contributed by atoms with Crippen LogP contribution in [0.3, 0.4) is 0 Å². The molecule has 0 saturated heterocycles. The first kappa shape index (κ1) is 63.6. The second kappa shape index (κ2) is 55.1. The molecule has 0 bridgehead atoms. The lowest BCUT2D eigenvalue weighted by Crippen LogP contribution is -2.30. The number of carbonyl (C=O) groups excluding carboxylic acids is 3. The van der Waals surface area contributed by atoms with Crippen LogP contribution in [-0.4, -0.2) is 37.2 Å². The maximum atomic E-state index is 12.8. The van der Waals surface area contributed by atoms with Crippen LogP contribution in [0.2, 0.25) is 0 Å². The van der Waals surface area contributed by atoms with Crippen molar-refractivity contribution in [3.05, 3.63) is 134 Å². The van der Waals surface area contributed by atoms with Crippen molar-refractivity contribution >= 4 is 17.9 Å². The first-order chi connectivity index (χ1) is 33.5. The van der Waals surface area contributed by atoms with Gasteiger partial charge in [0.15, 0.2) is 6.10 Å². The molecule has 0 spiro atoms. The van der Waals surface area contributed by atoms with Crippen molar-refractivity contribution in [2.75, 3.05) is 13.2 Å². The van der Waals surface area contributed by atoms with E-state index < -0.39 is 6.10 Å². The van der Waals surface area contributed by atoms with Crippen LogP contribution in [0.1, 0.15) is 220 Å². The van der Waals surface area contributed by atoms with Crippen molar-refractivity contribution in [1.29, 1.82) is 0 Å². The minimum Gasteiger partial charge on any atom is -0.462 e. The largest absolute Gasteiger partial charge is 0.462 e. The molecular weight excluding hydrogens is 841 g/mol. The molecule has 0 aromatic rings. The van der Waals surface area contributed by atoms with E-state index >= 15 is 0 Å². The molecule has 0 aromatic carbocycles. The smallest absolute Gasteiger partial charge is 0.306 e. The van der Waals surface area contributed by atoms with Gasteiger partial charge in [-0.25, -0.2) is 0 Å². The summed E-state index contributed by atoms with van der Waals surface area (Å²) in [4.78, 5) is 38.1. The quantitative estimate of drug-likeness (QED) is 0.0199. The van der Waals surface area contributed by atoms with Crippen LogP contribution in [0.15, 0.2) is 134 Å². The average Bonchev–Trinajstić information content (AvgIpc) is 3.34. The molecule has 382 valence electrons. The molecule has 0 heterocycles. The van der Waals surface area contributed by atoms with E-state index in [0.717, 1.165) is 103 Å². The molecule has 1 unspecified atom stereocenters. The SMILES string of the molecule is CC\C=C/C=C\C=C/C=C\C=C\C=C/CCCCCC(=O)OCC(COC(=O)CCCCC/C=C\C/C=C\C/C=C\C/C=C\CC)OC(=O)CCCCCCCCC/C=C\CCCCCCCC. The minimum absolute atomic E-state index is 0.115. The average molecular weight is 939 g/mol. The zero-order chi connectivity index (χ0) is 49.3. The summed E-state index contributed by atoms with van der Waals surface area (Å²) in [6.07, 6.45) is 77.2. The van der Waals surface area contributed by atoms with E-state index in [9.17, 15) is 14.4 Å². The van der Waals surface area contributed by atoms with E-state index in [1.54, 1.807) is 0 Å². The lowest BCUT2D eigenvalue weighted by Gasteiger charge is -2.18. The Morgan fingerprint density at radius 1 is 0.324 bits per heavy atom. The lowest BCUT2D eigenvalue weighted by atomic mass is 10.1. The van der Waals surface area contributed by atoms with E-state index in [1.165, 1.54) is 77.0 Å². The zero-order valence-electron chi connectivity index (χ0n) is 43.6. The molecule has 0 aliphatic carbocycles. The van der Waals surface area contributed by atoms with Crippen molar-refractivity contribution in [1.82, 2.24) is 0 Å². The Labute approximate surface area is 417 Å². The number of hydrogen-bond donors (Lipinski definition) is 0. The molecule has 6 heteroatoms. The Bertz CT molecular complexity index is 1500. The fourth-order valence-electron chi connectivity index (χ4n) is 6.99. The van der Waals surface area contributed by atoms with Crippen molar-refractivity contribution in [3.8, 4) is 0 Å².